The van der Waals surface area contributed by atoms with Crippen LogP contribution in [-0.4, -0.2) is 62.8 Å². The third kappa shape index (κ3) is 3.20. The maximum Gasteiger partial charge on any atom is 0.243 e. The maximum absolute atomic E-state index is 11.8. The van der Waals surface area contributed by atoms with Gasteiger partial charge in [-0.25, -0.2) is 0 Å². The molecule has 18 heavy (non-hydrogen) atoms. The molecule has 0 radical (unpaired) electrons. The van der Waals surface area contributed by atoms with Gasteiger partial charge < -0.3 is 19.7 Å². The molecule has 2 amide bonds. The van der Waals surface area contributed by atoms with Crippen LogP contribution in [0.1, 0.15) is 12.8 Å². The van der Waals surface area contributed by atoms with Gasteiger partial charge in [0.05, 0.1) is 26.4 Å². The minimum Gasteiger partial charge on any atom is -0.382 e. The molecule has 6 heteroatoms. The van der Waals surface area contributed by atoms with Gasteiger partial charge in [-0.15, -0.1) is 0 Å². The molecule has 0 aromatic heterocycles. The average molecular weight is 256 g/mol. The maximum atomic E-state index is 11.8. The van der Waals surface area contributed by atoms with Crippen LogP contribution in [0.4, 0.5) is 0 Å². The molecule has 1 N–H and O–H groups in total. The molecule has 1 aliphatic carbocycles. The third-order valence-electron chi connectivity index (χ3n) is 3.32. The Morgan fingerprint density at radius 1 is 1.28 bits per heavy atom. The number of carbonyl (C=O) groups excluding carboxylic acids is 2. The van der Waals surface area contributed by atoms with E-state index < -0.39 is 0 Å². The number of hydrogen-bond donors (Lipinski definition) is 1. The SMILES string of the molecule is COCCOCCN1C(=O)CNC(=O)C1C1CC1. The summed E-state index contributed by atoms with van der Waals surface area (Å²) in [7, 11) is 1.62. The summed E-state index contributed by atoms with van der Waals surface area (Å²) in [5.74, 6) is 0.309. The van der Waals surface area contributed by atoms with Gasteiger partial charge in [0.25, 0.3) is 0 Å². The summed E-state index contributed by atoms with van der Waals surface area (Å²) in [5, 5.41) is 2.65. The van der Waals surface area contributed by atoms with E-state index in [0.29, 0.717) is 32.3 Å². The van der Waals surface area contributed by atoms with Crippen molar-refractivity contribution in [3.8, 4) is 0 Å². The lowest BCUT2D eigenvalue weighted by molar-refractivity contribution is -0.147. The zero-order valence-electron chi connectivity index (χ0n) is 10.7. The summed E-state index contributed by atoms with van der Waals surface area (Å²) < 4.78 is 10.2. The summed E-state index contributed by atoms with van der Waals surface area (Å²) >= 11 is 0. The number of hydrogen-bond acceptors (Lipinski definition) is 4. The predicted molar refractivity (Wildman–Crippen MR) is 63.9 cm³/mol. The average Bonchev–Trinajstić information content (AvgIpc) is 3.17. The van der Waals surface area contributed by atoms with Crippen molar-refractivity contribution in [1.82, 2.24) is 10.2 Å². The standard InChI is InChI=1S/C12H20N2O4/c1-17-6-7-18-5-4-14-10(15)8-13-12(16)11(14)9-2-3-9/h9,11H,2-8H2,1H3,(H,13,16). The van der Waals surface area contributed by atoms with E-state index in [1.165, 1.54) is 0 Å². The molecule has 1 unspecified atom stereocenters. The quantitative estimate of drug-likeness (QED) is 0.617. The lowest BCUT2D eigenvalue weighted by atomic mass is 10.1. The first-order valence-corrected chi connectivity index (χ1v) is 6.38. The van der Waals surface area contributed by atoms with Crippen LogP contribution in [0.2, 0.25) is 0 Å². The fourth-order valence-corrected chi connectivity index (χ4v) is 2.22. The number of carbonyl (C=O) groups is 2. The van der Waals surface area contributed by atoms with Gasteiger partial charge in [0.1, 0.15) is 6.04 Å². The third-order valence-corrected chi connectivity index (χ3v) is 3.32. The molecule has 1 saturated carbocycles. The summed E-state index contributed by atoms with van der Waals surface area (Å²) in [5.41, 5.74) is 0. The molecule has 102 valence electrons. The summed E-state index contributed by atoms with van der Waals surface area (Å²) in [6.07, 6.45) is 2.07. The largest absolute Gasteiger partial charge is 0.382 e. The molecule has 0 aromatic carbocycles. The van der Waals surface area contributed by atoms with Gasteiger partial charge >= 0.3 is 0 Å². The second-order valence-corrected chi connectivity index (χ2v) is 4.69. The van der Waals surface area contributed by atoms with Crippen molar-refractivity contribution < 1.29 is 19.1 Å². The van der Waals surface area contributed by atoms with E-state index in [9.17, 15) is 9.59 Å². The topological polar surface area (TPSA) is 67.9 Å². The summed E-state index contributed by atoms with van der Waals surface area (Å²) in [4.78, 5) is 25.3. The van der Waals surface area contributed by atoms with Crippen molar-refractivity contribution in [2.75, 3.05) is 40.0 Å². The molecule has 1 heterocycles. The van der Waals surface area contributed by atoms with Crippen LogP contribution in [0.25, 0.3) is 0 Å². The first-order chi connectivity index (χ1) is 8.74. The van der Waals surface area contributed by atoms with Crippen LogP contribution in [0.15, 0.2) is 0 Å². The monoisotopic (exact) mass is 256 g/mol. The zero-order chi connectivity index (χ0) is 13.0. The van der Waals surface area contributed by atoms with E-state index >= 15 is 0 Å². The van der Waals surface area contributed by atoms with Gasteiger partial charge in [-0.3, -0.25) is 9.59 Å². The fourth-order valence-electron chi connectivity index (χ4n) is 2.22. The van der Waals surface area contributed by atoms with Crippen molar-refractivity contribution in [2.45, 2.75) is 18.9 Å². The van der Waals surface area contributed by atoms with Crippen LogP contribution >= 0.6 is 0 Å². The molecule has 0 aromatic rings. The van der Waals surface area contributed by atoms with Gasteiger partial charge in [0, 0.05) is 13.7 Å². The highest BCUT2D eigenvalue weighted by molar-refractivity contribution is 5.95. The molecule has 2 rings (SSSR count). The van der Waals surface area contributed by atoms with Crippen LogP contribution in [0.3, 0.4) is 0 Å². The Balaban J connectivity index is 1.82. The molecule has 0 bridgehead atoms. The van der Waals surface area contributed by atoms with Crippen LogP contribution in [0.5, 0.6) is 0 Å². The van der Waals surface area contributed by atoms with E-state index in [1.54, 1.807) is 12.0 Å². The summed E-state index contributed by atoms with van der Waals surface area (Å²) in [6.45, 7) is 2.10. The minimum atomic E-state index is -0.280. The minimum absolute atomic E-state index is 0.0122. The van der Waals surface area contributed by atoms with Crippen molar-refractivity contribution in [3.05, 3.63) is 0 Å². The lowest BCUT2D eigenvalue weighted by Crippen LogP contribution is -2.59. The Kier molecular flexibility index (Phi) is 4.54. The van der Waals surface area contributed by atoms with Crippen LogP contribution in [-0.2, 0) is 19.1 Å². The number of piperazine rings is 1. The van der Waals surface area contributed by atoms with E-state index in [4.69, 9.17) is 9.47 Å². The first kappa shape index (κ1) is 13.3. The smallest absolute Gasteiger partial charge is 0.243 e. The molecule has 1 aliphatic heterocycles. The van der Waals surface area contributed by atoms with Gasteiger partial charge in [-0.2, -0.15) is 0 Å². The predicted octanol–water partition coefficient (Wildman–Crippen LogP) is -0.614. The number of amides is 2. The Morgan fingerprint density at radius 2 is 2.06 bits per heavy atom. The Morgan fingerprint density at radius 3 is 2.72 bits per heavy atom. The lowest BCUT2D eigenvalue weighted by Gasteiger charge is -2.35. The molecule has 1 atom stereocenters. The van der Waals surface area contributed by atoms with Crippen molar-refractivity contribution in [2.24, 2.45) is 5.92 Å². The van der Waals surface area contributed by atoms with Gasteiger partial charge in [0.2, 0.25) is 11.8 Å². The number of nitrogens with zero attached hydrogens (tertiary/aromatic N) is 1. The van der Waals surface area contributed by atoms with Crippen LogP contribution < -0.4 is 5.32 Å². The molecule has 2 aliphatic rings. The van der Waals surface area contributed by atoms with Crippen molar-refractivity contribution in [1.29, 1.82) is 0 Å². The van der Waals surface area contributed by atoms with E-state index in [2.05, 4.69) is 5.32 Å². The molecule has 2 fully saturated rings. The number of nitrogens with one attached hydrogen (secondary N) is 1. The van der Waals surface area contributed by atoms with E-state index in [0.717, 1.165) is 12.8 Å². The second kappa shape index (κ2) is 6.15. The second-order valence-electron chi connectivity index (χ2n) is 4.69. The Hall–Kier alpha value is -1.14. The van der Waals surface area contributed by atoms with Gasteiger partial charge in [-0.05, 0) is 18.8 Å². The Bertz CT molecular complexity index is 317. The fraction of sp³-hybridized carbons (Fsp3) is 0.833. The first-order valence-electron chi connectivity index (χ1n) is 6.38. The van der Waals surface area contributed by atoms with Crippen molar-refractivity contribution >= 4 is 11.8 Å². The Labute approximate surface area is 107 Å². The molecular weight excluding hydrogens is 236 g/mol. The highest BCUT2D eigenvalue weighted by atomic mass is 16.5. The molecule has 6 nitrogen and oxygen atoms in total. The number of rotatable bonds is 7. The molecular formula is C12H20N2O4. The number of ether oxygens (including phenoxy) is 2. The highest BCUT2D eigenvalue weighted by Gasteiger charge is 2.44. The molecule has 1 saturated heterocycles. The van der Waals surface area contributed by atoms with E-state index in [1.807, 2.05) is 0 Å². The molecule has 0 spiro atoms. The summed E-state index contributed by atoms with van der Waals surface area (Å²) in [6, 6.07) is -0.280. The zero-order valence-corrected chi connectivity index (χ0v) is 10.7. The van der Waals surface area contributed by atoms with Crippen molar-refractivity contribution in [3.63, 3.8) is 0 Å². The highest BCUT2D eigenvalue weighted by Crippen LogP contribution is 2.36. The van der Waals surface area contributed by atoms with Gasteiger partial charge in [-0.1, -0.05) is 0 Å². The number of methoxy groups -OCH3 is 1. The van der Waals surface area contributed by atoms with Gasteiger partial charge in [0.15, 0.2) is 0 Å². The van der Waals surface area contributed by atoms with E-state index in [-0.39, 0.29) is 24.4 Å². The normalized spacial score (nSPS) is 24.3. The van der Waals surface area contributed by atoms with Crippen LogP contribution in [0, 0.1) is 5.92 Å².